The van der Waals surface area contributed by atoms with Crippen LogP contribution in [0.2, 0.25) is 0 Å². The Morgan fingerprint density at radius 3 is 2.21 bits per heavy atom. The highest BCUT2D eigenvalue weighted by atomic mass is 32.2. The van der Waals surface area contributed by atoms with Gasteiger partial charge in [-0.05, 0) is 36.8 Å². The number of thioether (sulfide) groups is 2. The van der Waals surface area contributed by atoms with Crippen molar-refractivity contribution in [1.29, 1.82) is 0 Å². The fourth-order valence-electron chi connectivity index (χ4n) is 2.87. The van der Waals surface area contributed by atoms with Crippen LogP contribution >= 0.6 is 23.5 Å². The molecular weight excluding hydrogens is 336 g/mol. The molecule has 0 fully saturated rings. The fraction of sp³-hybridized carbons (Fsp3) is 0.222. The maximum atomic E-state index is 4.62. The number of benzene rings is 2. The monoisotopic (exact) mass is 354 g/mol. The average Bonchev–Trinajstić information content (AvgIpc) is 2.65. The molecule has 0 atom stereocenters. The quantitative estimate of drug-likeness (QED) is 0.696. The van der Waals surface area contributed by atoms with Crippen molar-refractivity contribution in [1.82, 2.24) is 9.97 Å². The van der Waals surface area contributed by atoms with Crippen molar-refractivity contribution >= 4 is 51.6 Å². The molecule has 24 heavy (non-hydrogen) atoms. The molecule has 1 aliphatic rings. The molecule has 122 valence electrons. The van der Waals surface area contributed by atoms with Gasteiger partial charge in [0.1, 0.15) is 5.52 Å². The van der Waals surface area contributed by atoms with Gasteiger partial charge in [-0.1, -0.05) is 0 Å². The van der Waals surface area contributed by atoms with Gasteiger partial charge in [0.25, 0.3) is 0 Å². The Labute approximate surface area is 149 Å². The summed E-state index contributed by atoms with van der Waals surface area (Å²) in [6, 6.07) is 8.30. The van der Waals surface area contributed by atoms with Crippen LogP contribution in [-0.4, -0.2) is 28.5 Å². The zero-order valence-corrected chi connectivity index (χ0v) is 15.2. The van der Waals surface area contributed by atoms with Crippen molar-refractivity contribution in [2.45, 2.75) is 16.7 Å². The summed E-state index contributed by atoms with van der Waals surface area (Å²) in [5.41, 5.74) is 6.40. The second kappa shape index (κ2) is 6.53. The molecule has 0 aliphatic carbocycles. The van der Waals surface area contributed by atoms with E-state index in [4.69, 9.17) is 0 Å². The van der Waals surface area contributed by atoms with Crippen molar-refractivity contribution in [3.8, 4) is 0 Å². The molecule has 3 aromatic rings. The molecule has 2 N–H and O–H groups in total. The molecular formula is C18H18N4S2. The molecule has 0 amide bonds. The summed E-state index contributed by atoms with van der Waals surface area (Å²) in [6.07, 6.45) is 3.54. The third kappa shape index (κ3) is 2.70. The molecule has 0 bridgehead atoms. The van der Waals surface area contributed by atoms with Crippen LogP contribution in [0.1, 0.15) is 5.56 Å². The second-order valence-electron chi connectivity index (χ2n) is 5.56. The Morgan fingerprint density at radius 2 is 1.50 bits per heavy atom. The molecule has 0 spiro atoms. The van der Waals surface area contributed by atoms with Crippen LogP contribution in [0.15, 0.2) is 46.5 Å². The van der Waals surface area contributed by atoms with Gasteiger partial charge in [-0.2, -0.15) is 0 Å². The standard InChI is InChI=1S/C18H18N4S2/c1-11-14-15(21-8-7-20-14)16(18-17(11)23-9-10-24-18)22-13-5-3-12(19-2)4-6-13/h3-8,19,22H,9-10H2,1-2H3. The first-order chi connectivity index (χ1) is 11.8. The van der Waals surface area contributed by atoms with Crippen molar-refractivity contribution < 1.29 is 0 Å². The SMILES string of the molecule is CNc1ccc(Nc2c3c(c(C)c4nccnc24)SCCS3)cc1. The normalized spacial score (nSPS) is 13.6. The summed E-state index contributed by atoms with van der Waals surface area (Å²) in [5.74, 6) is 2.26. The fourth-order valence-corrected chi connectivity index (χ4v) is 5.42. The predicted molar refractivity (Wildman–Crippen MR) is 105 cm³/mol. The van der Waals surface area contributed by atoms with E-state index in [0.717, 1.165) is 39.6 Å². The summed E-state index contributed by atoms with van der Waals surface area (Å²) in [5, 5.41) is 6.74. The van der Waals surface area contributed by atoms with Crippen LogP contribution in [0.3, 0.4) is 0 Å². The number of anilines is 3. The zero-order valence-electron chi connectivity index (χ0n) is 13.6. The number of aryl methyl sites for hydroxylation is 1. The largest absolute Gasteiger partial charge is 0.388 e. The minimum atomic E-state index is 0.946. The number of nitrogens with zero attached hydrogens (tertiary/aromatic N) is 2. The van der Waals surface area contributed by atoms with E-state index in [0.29, 0.717) is 0 Å². The Morgan fingerprint density at radius 1 is 0.875 bits per heavy atom. The van der Waals surface area contributed by atoms with Crippen molar-refractivity contribution in [2.75, 3.05) is 29.2 Å². The Kier molecular flexibility index (Phi) is 4.24. The topological polar surface area (TPSA) is 49.8 Å². The van der Waals surface area contributed by atoms with Crippen molar-refractivity contribution in [3.63, 3.8) is 0 Å². The Bertz CT molecular complexity index is 894. The van der Waals surface area contributed by atoms with Gasteiger partial charge in [-0.25, -0.2) is 0 Å². The Hall–Kier alpha value is -1.92. The van der Waals surface area contributed by atoms with Gasteiger partial charge in [0.2, 0.25) is 0 Å². The minimum absolute atomic E-state index is 0.946. The van der Waals surface area contributed by atoms with E-state index in [-0.39, 0.29) is 0 Å². The van der Waals surface area contributed by atoms with Gasteiger partial charge in [0, 0.05) is 52.1 Å². The average molecular weight is 355 g/mol. The van der Waals surface area contributed by atoms with Crippen LogP contribution in [0, 0.1) is 6.92 Å². The number of hydrogen-bond acceptors (Lipinski definition) is 6. The highest BCUT2D eigenvalue weighted by Crippen LogP contribution is 2.47. The van der Waals surface area contributed by atoms with Crippen molar-refractivity contribution in [3.05, 3.63) is 42.2 Å². The lowest BCUT2D eigenvalue weighted by Gasteiger charge is -2.23. The number of aromatic nitrogens is 2. The van der Waals surface area contributed by atoms with Gasteiger partial charge in [0.05, 0.1) is 11.2 Å². The molecule has 0 radical (unpaired) electrons. The first-order valence-corrected chi connectivity index (χ1v) is 9.83. The molecule has 2 aromatic carbocycles. The molecule has 6 heteroatoms. The summed E-state index contributed by atoms with van der Waals surface area (Å²) in [4.78, 5) is 11.8. The highest BCUT2D eigenvalue weighted by Gasteiger charge is 2.22. The smallest absolute Gasteiger partial charge is 0.114 e. The molecule has 0 saturated heterocycles. The van der Waals surface area contributed by atoms with E-state index < -0.39 is 0 Å². The summed E-state index contributed by atoms with van der Waals surface area (Å²) < 4.78 is 0. The number of fused-ring (bicyclic) bond motifs is 2. The van der Waals surface area contributed by atoms with Gasteiger partial charge >= 0.3 is 0 Å². The van der Waals surface area contributed by atoms with Crippen LogP contribution in [-0.2, 0) is 0 Å². The summed E-state index contributed by atoms with van der Waals surface area (Å²) in [6.45, 7) is 2.15. The van der Waals surface area contributed by atoms with E-state index in [1.165, 1.54) is 15.4 Å². The minimum Gasteiger partial charge on any atom is -0.388 e. The summed E-state index contributed by atoms with van der Waals surface area (Å²) in [7, 11) is 1.93. The molecule has 2 heterocycles. The molecule has 0 unspecified atom stereocenters. The van der Waals surface area contributed by atoms with E-state index >= 15 is 0 Å². The molecule has 4 rings (SSSR count). The van der Waals surface area contributed by atoms with Gasteiger partial charge in [0.15, 0.2) is 0 Å². The zero-order chi connectivity index (χ0) is 16.5. The van der Waals surface area contributed by atoms with Gasteiger partial charge in [-0.15, -0.1) is 23.5 Å². The lowest BCUT2D eigenvalue weighted by Crippen LogP contribution is -2.04. The third-order valence-electron chi connectivity index (χ3n) is 4.08. The van der Waals surface area contributed by atoms with Gasteiger partial charge in [-0.3, -0.25) is 9.97 Å². The van der Waals surface area contributed by atoms with E-state index in [9.17, 15) is 0 Å². The van der Waals surface area contributed by atoms with Crippen LogP contribution in [0.5, 0.6) is 0 Å². The molecule has 0 saturated carbocycles. The van der Waals surface area contributed by atoms with Crippen LogP contribution < -0.4 is 10.6 Å². The first kappa shape index (κ1) is 15.6. The van der Waals surface area contributed by atoms with Crippen molar-refractivity contribution in [2.24, 2.45) is 0 Å². The second-order valence-corrected chi connectivity index (χ2v) is 7.77. The van der Waals surface area contributed by atoms with E-state index in [1.807, 2.05) is 30.6 Å². The predicted octanol–water partition coefficient (Wildman–Crippen LogP) is 4.92. The molecule has 1 aromatic heterocycles. The van der Waals surface area contributed by atoms with E-state index in [2.05, 4.69) is 51.8 Å². The number of nitrogens with one attached hydrogen (secondary N) is 2. The lowest BCUT2D eigenvalue weighted by atomic mass is 10.1. The maximum absolute atomic E-state index is 4.62. The van der Waals surface area contributed by atoms with E-state index in [1.54, 1.807) is 12.4 Å². The summed E-state index contributed by atoms with van der Waals surface area (Å²) >= 11 is 3.83. The molecule has 4 nitrogen and oxygen atoms in total. The van der Waals surface area contributed by atoms with Crippen LogP contribution in [0.4, 0.5) is 17.1 Å². The van der Waals surface area contributed by atoms with Gasteiger partial charge < -0.3 is 10.6 Å². The highest BCUT2D eigenvalue weighted by molar-refractivity contribution is 8.05. The maximum Gasteiger partial charge on any atom is 0.114 e. The molecule has 1 aliphatic heterocycles. The Balaban J connectivity index is 1.87. The first-order valence-electron chi connectivity index (χ1n) is 7.85. The number of rotatable bonds is 3. The third-order valence-corrected chi connectivity index (χ3v) is 6.78. The van der Waals surface area contributed by atoms with Crippen LogP contribution in [0.25, 0.3) is 11.0 Å². The lowest BCUT2D eigenvalue weighted by molar-refractivity contribution is 1.14. The number of hydrogen-bond donors (Lipinski definition) is 2.